The van der Waals surface area contributed by atoms with E-state index in [4.69, 9.17) is 14.0 Å². The number of ether oxygens (including phenoxy) is 2. The third-order valence-corrected chi connectivity index (χ3v) is 4.54. The molecule has 0 aliphatic carbocycles. The van der Waals surface area contributed by atoms with E-state index in [0.29, 0.717) is 22.7 Å². The van der Waals surface area contributed by atoms with E-state index in [2.05, 4.69) is 10.5 Å². The number of esters is 1. The fourth-order valence-corrected chi connectivity index (χ4v) is 2.97. The van der Waals surface area contributed by atoms with Gasteiger partial charge in [0, 0.05) is 11.1 Å². The second-order valence-electron chi connectivity index (χ2n) is 6.86. The molecule has 156 valence electrons. The van der Waals surface area contributed by atoms with Crippen molar-refractivity contribution in [3.8, 4) is 11.5 Å². The quantitative estimate of drug-likeness (QED) is 0.438. The van der Waals surface area contributed by atoms with Crippen molar-refractivity contribution in [3.05, 3.63) is 84.6 Å². The zero-order chi connectivity index (χ0) is 21.6. The lowest BCUT2D eigenvalue weighted by atomic mass is 10.2. The molecule has 4 aromatic rings. The SMILES string of the molecule is C[C@@H](OC(=O)Cc1noc2ccccc12)C(=O)Nc1ccc(Oc2ccccc2)cc1. The molecule has 1 atom stereocenters. The number of rotatable bonds is 7. The van der Waals surface area contributed by atoms with E-state index < -0.39 is 18.0 Å². The van der Waals surface area contributed by atoms with E-state index in [1.165, 1.54) is 6.92 Å². The molecular weight excluding hydrogens is 396 g/mol. The highest BCUT2D eigenvalue weighted by Gasteiger charge is 2.20. The number of nitrogens with zero attached hydrogens (tertiary/aromatic N) is 1. The Kier molecular flexibility index (Phi) is 5.93. The molecule has 7 heteroatoms. The predicted octanol–water partition coefficient (Wildman–Crippen LogP) is 4.73. The van der Waals surface area contributed by atoms with Gasteiger partial charge in [0.2, 0.25) is 0 Å². The molecular formula is C24H20N2O5. The molecule has 1 heterocycles. The van der Waals surface area contributed by atoms with E-state index in [1.807, 2.05) is 48.5 Å². The van der Waals surface area contributed by atoms with Crippen LogP contribution < -0.4 is 10.1 Å². The van der Waals surface area contributed by atoms with E-state index in [9.17, 15) is 9.59 Å². The molecule has 0 unspecified atom stereocenters. The van der Waals surface area contributed by atoms with Gasteiger partial charge in [-0.05, 0) is 55.5 Å². The Morgan fingerprint density at radius 3 is 2.39 bits per heavy atom. The van der Waals surface area contributed by atoms with Crippen molar-refractivity contribution < 1.29 is 23.6 Å². The van der Waals surface area contributed by atoms with E-state index >= 15 is 0 Å². The molecule has 0 spiro atoms. The Hall–Kier alpha value is -4.13. The van der Waals surface area contributed by atoms with Crippen molar-refractivity contribution in [1.29, 1.82) is 0 Å². The minimum atomic E-state index is -0.967. The highest BCUT2D eigenvalue weighted by Crippen LogP contribution is 2.23. The summed E-state index contributed by atoms with van der Waals surface area (Å²) in [5, 5.41) is 7.37. The van der Waals surface area contributed by atoms with E-state index in [-0.39, 0.29) is 6.42 Å². The minimum absolute atomic E-state index is 0.0832. The maximum atomic E-state index is 12.4. The van der Waals surface area contributed by atoms with Crippen LogP contribution in [0.2, 0.25) is 0 Å². The average Bonchev–Trinajstić information content (AvgIpc) is 3.18. The number of amides is 1. The molecule has 0 aliphatic heterocycles. The third-order valence-electron chi connectivity index (χ3n) is 4.54. The zero-order valence-electron chi connectivity index (χ0n) is 16.8. The summed E-state index contributed by atoms with van der Waals surface area (Å²) in [6.45, 7) is 1.51. The van der Waals surface area contributed by atoms with Gasteiger partial charge >= 0.3 is 5.97 Å². The molecule has 1 N–H and O–H groups in total. The van der Waals surface area contributed by atoms with Crippen LogP contribution in [0, 0.1) is 0 Å². The number of fused-ring (bicyclic) bond motifs is 1. The number of hydrogen-bond acceptors (Lipinski definition) is 6. The lowest BCUT2D eigenvalue weighted by Crippen LogP contribution is -2.30. The van der Waals surface area contributed by atoms with Crippen molar-refractivity contribution >= 4 is 28.5 Å². The molecule has 7 nitrogen and oxygen atoms in total. The summed E-state index contributed by atoms with van der Waals surface area (Å²) in [5.41, 5.74) is 1.63. The van der Waals surface area contributed by atoms with Crippen molar-refractivity contribution in [1.82, 2.24) is 5.16 Å². The first kappa shape index (κ1) is 20.2. The number of carbonyl (C=O) groups is 2. The second kappa shape index (κ2) is 9.13. The molecule has 31 heavy (non-hydrogen) atoms. The van der Waals surface area contributed by atoms with Crippen molar-refractivity contribution in [2.24, 2.45) is 0 Å². The molecule has 0 radical (unpaired) electrons. The van der Waals surface area contributed by atoms with Gasteiger partial charge in [-0.1, -0.05) is 35.5 Å². The molecule has 0 saturated heterocycles. The minimum Gasteiger partial charge on any atom is -0.457 e. The Bertz CT molecular complexity index is 1190. The van der Waals surface area contributed by atoms with Crippen LogP contribution in [0.4, 0.5) is 5.69 Å². The maximum absolute atomic E-state index is 12.4. The fraction of sp³-hybridized carbons (Fsp3) is 0.125. The molecule has 4 rings (SSSR count). The second-order valence-corrected chi connectivity index (χ2v) is 6.86. The summed E-state index contributed by atoms with van der Waals surface area (Å²) in [4.78, 5) is 24.6. The van der Waals surface area contributed by atoms with Gasteiger partial charge < -0.3 is 19.3 Å². The number of benzene rings is 3. The first-order valence-electron chi connectivity index (χ1n) is 9.75. The van der Waals surface area contributed by atoms with Gasteiger partial charge in [0.25, 0.3) is 5.91 Å². The standard InChI is InChI=1S/C24H20N2O5/c1-16(29-23(27)15-21-20-9-5-6-10-22(20)31-26-21)24(28)25-17-11-13-19(14-12-17)30-18-7-3-2-4-8-18/h2-14,16H,15H2,1H3,(H,25,28)/t16-/m1/s1. The first-order valence-corrected chi connectivity index (χ1v) is 9.75. The molecule has 1 aromatic heterocycles. The Balaban J connectivity index is 1.30. The monoisotopic (exact) mass is 416 g/mol. The normalized spacial score (nSPS) is 11.6. The highest BCUT2D eigenvalue weighted by atomic mass is 16.5. The number of nitrogens with one attached hydrogen (secondary N) is 1. The van der Waals surface area contributed by atoms with Crippen molar-refractivity contribution in [2.45, 2.75) is 19.4 Å². The smallest absolute Gasteiger partial charge is 0.312 e. The number of anilines is 1. The summed E-state index contributed by atoms with van der Waals surface area (Å²) in [7, 11) is 0. The Morgan fingerprint density at radius 2 is 1.61 bits per heavy atom. The number of para-hydroxylation sites is 2. The van der Waals surface area contributed by atoms with Crippen LogP contribution in [0.1, 0.15) is 12.6 Å². The van der Waals surface area contributed by atoms with Gasteiger partial charge in [-0.25, -0.2) is 0 Å². The van der Waals surface area contributed by atoms with Gasteiger partial charge in [-0.3, -0.25) is 9.59 Å². The number of aromatic nitrogens is 1. The Morgan fingerprint density at radius 1 is 0.935 bits per heavy atom. The van der Waals surface area contributed by atoms with Gasteiger partial charge in [-0.2, -0.15) is 0 Å². The van der Waals surface area contributed by atoms with E-state index in [0.717, 1.165) is 11.1 Å². The van der Waals surface area contributed by atoms with Crippen LogP contribution in [-0.2, 0) is 20.7 Å². The van der Waals surface area contributed by atoms with Crippen LogP contribution >= 0.6 is 0 Å². The van der Waals surface area contributed by atoms with Gasteiger partial charge in [0.05, 0.1) is 6.42 Å². The molecule has 3 aromatic carbocycles. The maximum Gasteiger partial charge on any atom is 0.312 e. The number of carbonyl (C=O) groups excluding carboxylic acids is 2. The number of hydrogen-bond donors (Lipinski definition) is 1. The molecule has 0 bridgehead atoms. The van der Waals surface area contributed by atoms with E-state index in [1.54, 1.807) is 30.3 Å². The summed E-state index contributed by atoms with van der Waals surface area (Å²) in [5.74, 6) is 0.367. The highest BCUT2D eigenvalue weighted by molar-refractivity contribution is 5.95. The zero-order valence-corrected chi connectivity index (χ0v) is 16.8. The van der Waals surface area contributed by atoms with Gasteiger partial charge in [0.1, 0.15) is 17.2 Å². The topological polar surface area (TPSA) is 90.7 Å². The average molecular weight is 416 g/mol. The fourth-order valence-electron chi connectivity index (χ4n) is 2.97. The third kappa shape index (κ3) is 5.08. The van der Waals surface area contributed by atoms with Gasteiger partial charge in [0.15, 0.2) is 11.7 Å². The Labute approximate surface area is 178 Å². The van der Waals surface area contributed by atoms with Crippen LogP contribution in [-0.4, -0.2) is 23.1 Å². The van der Waals surface area contributed by atoms with Crippen LogP contribution in [0.5, 0.6) is 11.5 Å². The molecule has 0 aliphatic rings. The van der Waals surface area contributed by atoms with Crippen LogP contribution in [0.3, 0.4) is 0 Å². The largest absolute Gasteiger partial charge is 0.457 e. The summed E-state index contributed by atoms with van der Waals surface area (Å²) in [6.07, 6.45) is -1.05. The lowest BCUT2D eigenvalue weighted by Gasteiger charge is -2.13. The lowest BCUT2D eigenvalue weighted by molar-refractivity contribution is -0.152. The predicted molar refractivity (Wildman–Crippen MR) is 115 cm³/mol. The molecule has 0 fully saturated rings. The van der Waals surface area contributed by atoms with Crippen LogP contribution in [0.25, 0.3) is 11.0 Å². The van der Waals surface area contributed by atoms with Crippen LogP contribution in [0.15, 0.2) is 83.4 Å². The molecule has 1 amide bonds. The molecule has 0 saturated carbocycles. The van der Waals surface area contributed by atoms with Gasteiger partial charge in [-0.15, -0.1) is 0 Å². The van der Waals surface area contributed by atoms with Crippen molar-refractivity contribution in [2.75, 3.05) is 5.32 Å². The van der Waals surface area contributed by atoms with Crippen molar-refractivity contribution in [3.63, 3.8) is 0 Å². The first-order chi connectivity index (χ1) is 15.1. The summed E-state index contributed by atoms with van der Waals surface area (Å²) < 4.78 is 16.2. The summed E-state index contributed by atoms with van der Waals surface area (Å²) in [6, 6.07) is 23.6. The summed E-state index contributed by atoms with van der Waals surface area (Å²) >= 11 is 0.